The van der Waals surface area contributed by atoms with Gasteiger partial charge in [0.25, 0.3) is 0 Å². The summed E-state index contributed by atoms with van der Waals surface area (Å²) in [6.07, 6.45) is 1.46. The summed E-state index contributed by atoms with van der Waals surface area (Å²) in [5.74, 6) is 0. The van der Waals surface area contributed by atoms with Gasteiger partial charge in [-0.15, -0.1) is 0 Å². The summed E-state index contributed by atoms with van der Waals surface area (Å²) in [4.78, 5) is 13.1. The van der Waals surface area contributed by atoms with Crippen LogP contribution in [0.4, 0.5) is 5.69 Å². The van der Waals surface area contributed by atoms with Crippen LogP contribution < -0.4 is 0 Å². The van der Waals surface area contributed by atoms with E-state index in [9.17, 15) is 4.79 Å². The quantitative estimate of drug-likeness (QED) is 0.483. The first-order valence-corrected chi connectivity index (χ1v) is 12.4. The monoisotopic (exact) mass is 280 g/mol. The van der Waals surface area contributed by atoms with Crippen LogP contribution in [-0.2, 0) is 4.79 Å². The molecule has 0 atom stereocenters. The Hall–Kier alpha value is -1.01. The number of isocyanates is 1. The maximum absolute atomic E-state index is 9.68. The van der Waals surface area contributed by atoms with E-state index >= 15 is 0 Å². The standard InChI is InChI=1S/C7H5NO.C6H19NSi2/c9-6-8-7-4-2-1-3-5-7;1-7(8(2)3)9(4,5)6/h1-5H;8H,1-6H3. The molecule has 0 aliphatic carbocycles. The summed E-state index contributed by atoms with van der Waals surface area (Å²) < 4.78 is 2.63. The molecule has 3 nitrogen and oxygen atoms in total. The molecule has 0 aromatic heterocycles. The van der Waals surface area contributed by atoms with Crippen molar-refractivity contribution in [1.82, 2.24) is 4.23 Å². The number of benzene rings is 1. The Kier molecular flexibility index (Phi) is 7.70. The molecule has 0 N–H and O–H groups in total. The summed E-state index contributed by atoms with van der Waals surface area (Å²) in [6, 6.07) is 8.98. The lowest BCUT2D eigenvalue weighted by Gasteiger charge is -2.33. The second kappa shape index (κ2) is 8.16. The lowest BCUT2D eigenvalue weighted by atomic mass is 10.3. The molecule has 1 aromatic carbocycles. The number of carbonyl (C=O) groups excluding carboxylic acids is 1. The molecule has 0 saturated heterocycles. The second-order valence-electron chi connectivity index (χ2n) is 5.41. The Morgan fingerprint density at radius 1 is 1.17 bits per heavy atom. The highest BCUT2D eigenvalue weighted by Crippen LogP contribution is 2.08. The number of hydrogen-bond donors (Lipinski definition) is 0. The van der Waals surface area contributed by atoms with Gasteiger partial charge in [-0.25, -0.2) is 4.79 Å². The van der Waals surface area contributed by atoms with E-state index in [0.29, 0.717) is 5.69 Å². The summed E-state index contributed by atoms with van der Waals surface area (Å²) in [5, 5.41) is 0. The average molecular weight is 281 g/mol. The second-order valence-corrected chi connectivity index (χ2v) is 13.9. The van der Waals surface area contributed by atoms with Crippen molar-refractivity contribution in [3.8, 4) is 0 Å². The number of nitrogens with zero attached hydrogens (tertiary/aromatic N) is 2. The maximum Gasteiger partial charge on any atom is 0.240 e. The first-order valence-electron chi connectivity index (χ1n) is 6.15. The SMILES string of the molecule is CN([SiH](C)C)[Si](C)(C)C.O=C=Nc1ccccc1. The summed E-state index contributed by atoms with van der Waals surface area (Å²) in [5.41, 5.74) is 0.646. The first kappa shape index (κ1) is 17.0. The third kappa shape index (κ3) is 7.34. The minimum absolute atomic E-state index is 0.495. The van der Waals surface area contributed by atoms with E-state index < -0.39 is 17.2 Å². The molecule has 1 rings (SSSR count). The van der Waals surface area contributed by atoms with Gasteiger partial charge in [-0.3, -0.25) is 0 Å². The molecule has 0 radical (unpaired) electrons. The van der Waals surface area contributed by atoms with Crippen molar-refractivity contribution < 1.29 is 4.79 Å². The number of rotatable bonds is 3. The third-order valence-corrected chi connectivity index (χ3v) is 10.3. The van der Waals surface area contributed by atoms with Gasteiger partial charge in [-0.1, -0.05) is 50.9 Å². The van der Waals surface area contributed by atoms with Gasteiger partial charge in [0.1, 0.15) is 8.24 Å². The molecular formula is C13H24N2OSi2. The van der Waals surface area contributed by atoms with Gasteiger partial charge in [0.2, 0.25) is 6.08 Å². The number of para-hydroxylation sites is 1. The zero-order valence-electron chi connectivity index (χ0n) is 12.3. The fraction of sp³-hybridized carbons (Fsp3) is 0.462. The first-order chi connectivity index (χ1) is 8.29. The zero-order valence-corrected chi connectivity index (χ0v) is 14.4. The largest absolute Gasteiger partial charge is 0.351 e. The number of hydrogen-bond acceptors (Lipinski definition) is 3. The molecule has 0 fully saturated rings. The normalized spacial score (nSPS) is 10.7. The van der Waals surface area contributed by atoms with Gasteiger partial charge in [0, 0.05) is 0 Å². The summed E-state index contributed by atoms with van der Waals surface area (Å²) in [6.45, 7) is 12.0. The van der Waals surface area contributed by atoms with Crippen LogP contribution in [0.2, 0.25) is 32.7 Å². The Balaban J connectivity index is 0.000000321. The Morgan fingerprint density at radius 3 is 1.94 bits per heavy atom. The van der Waals surface area contributed by atoms with E-state index in [0.717, 1.165) is 0 Å². The Bertz CT molecular complexity index is 382. The molecule has 0 unspecified atom stereocenters. The number of aliphatic imine (C=N–C) groups is 1. The van der Waals surface area contributed by atoms with Crippen molar-refractivity contribution >= 4 is 29.0 Å². The molecule has 100 valence electrons. The third-order valence-electron chi connectivity index (χ3n) is 2.76. The molecule has 18 heavy (non-hydrogen) atoms. The molecule has 5 heteroatoms. The van der Waals surface area contributed by atoms with Crippen LogP contribution in [0.25, 0.3) is 0 Å². The van der Waals surface area contributed by atoms with Crippen LogP contribution in [0, 0.1) is 0 Å². The molecule has 0 spiro atoms. The highest BCUT2D eigenvalue weighted by atomic mass is 28.4. The summed E-state index contributed by atoms with van der Waals surface area (Å²) in [7, 11) is 0.858. The molecule has 1 aromatic rings. The van der Waals surface area contributed by atoms with E-state index in [2.05, 4.69) is 49.0 Å². The van der Waals surface area contributed by atoms with Crippen molar-refractivity contribution in [3.63, 3.8) is 0 Å². The molecular weight excluding hydrogens is 256 g/mol. The van der Waals surface area contributed by atoms with Crippen LogP contribution in [0.3, 0.4) is 0 Å². The molecule has 0 aliphatic rings. The van der Waals surface area contributed by atoms with E-state index in [-0.39, 0.29) is 0 Å². The smallest absolute Gasteiger partial charge is 0.240 e. The molecule has 0 amide bonds. The fourth-order valence-corrected chi connectivity index (χ4v) is 7.53. The summed E-state index contributed by atoms with van der Waals surface area (Å²) >= 11 is 0. The molecule has 0 heterocycles. The predicted octanol–water partition coefficient (Wildman–Crippen LogP) is 3.39. The van der Waals surface area contributed by atoms with Crippen molar-refractivity contribution in [1.29, 1.82) is 0 Å². The van der Waals surface area contributed by atoms with E-state index in [1.54, 1.807) is 12.1 Å². The van der Waals surface area contributed by atoms with Gasteiger partial charge in [0.15, 0.2) is 0 Å². The molecule has 0 aliphatic heterocycles. The topological polar surface area (TPSA) is 32.7 Å². The van der Waals surface area contributed by atoms with Gasteiger partial charge in [-0.05, 0) is 19.2 Å². The molecule has 0 bridgehead atoms. The van der Waals surface area contributed by atoms with Crippen LogP contribution in [0.1, 0.15) is 0 Å². The maximum atomic E-state index is 9.68. The van der Waals surface area contributed by atoms with E-state index in [4.69, 9.17) is 0 Å². The minimum Gasteiger partial charge on any atom is -0.351 e. The predicted molar refractivity (Wildman–Crippen MR) is 84.2 cm³/mol. The van der Waals surface area contributed by atoms with E-state index in [1.807, 2.05) is 18.2 Å². The zero-order chi connectivity index (χ0) is 14.2. The van der Waals surface area contributed by atoms with Crippen LogP contribution in [0.15, 0.2) is 35.3 Å². The van der Waals surface area contributed by atoms with Crippen LogP contribution in [-0.4, -0.2) is 34.6 Å². The van der Waals surface area contributed by atoms with Gasteiger partial charge in [0.05, 0.1) is 14.6 Å². The van der Waals surface area contributed by atoms with Crippen molar-refractivity contribution in [3.05, 3.63) is 30.3 Å². The van der Waals surface area contributed by atoms with E-state index in [1.165, 1.54) is 6.08 Å². The van der Waals surface area contributed by atoms with Gasteiger partial charge < -0.3 is 4.23 Å². The average Bonchev–Trinajstić information content (AvgIpc) is 2.29. The Morgan fingerprint density at radius 2 is 1.67 bits per heavy atom. The highest BCUT2D eigenvalue weighted by molar-refractivity contribution is 6.82. The lowest BCUT2D eigenvalue weighted by molar-refractivity contribution is 0.565. The van der Waals surface area contributed by atoms with Crippen molar-refractivity contribution in [2.45, 2.75) is 32.7 Å². The van der Waals surface area contributed by atoms with Crippen molar-refractivity contribution in [2.24, 2.45) is 4.99 Å². The highest BCUT2D eigenvalue weighted by Gasteiger charge is 2.21. The van der Waals surface area contributed by atoms with Crippen molar-refractivity contribution in [2.75, 3.05) is 7.05 Å². The minimum atomic E-state index is -0.929. The molecule has 0 saturated carbocycles. The van der Waals surface area contributed by atoms with Crippen LogP contribution in [0.5, 0.6) is 0 Å². The van der Waals surface area contributed by atoms with Gasteiger partial charge >= 0.3 is 0 Å². The van der Waals surface area contributed by atoms with Gasteiger partial charge in [-0.2, -0.15) is 4.99 Å². The fourth-order valence-electron chi connectivity index (χ4n) is 1.33. The lowest BCUT2D eigenvalue weighted by Crippen LogP contribution is -2.49. The van der Waals surface area contributed by atoms with Crippen LogP contribution >= 0.6 is 0 Å². The Labute approximate surface area is 113 Å².